The molecule has 0 spiro atoms. The first-order valence-corrected chi connectivity index (χ1v) is 9.39. The normalized spacial score (nSPS) is 13.1. The van der Waals surface area contributed by atoms with Crippen molar-refractivity contribution in [1.29, 1.82) is 0 Å². The van der Waals surface area contributed by atoms with E-state index in [0.29, 0.717) is 12.1 Å². The lowest BCUT2D eigenvalue weighted by Crippen LogP contribution is -2.48. The van der Waals surface area contributed by atoms with Gasteiger partial charge in [-0.2, -0.15) is 13.2 Å². The predicted molar refractivity (Wildman–Crippen MR) is 103 cm³/mol. The van der Waals surface area contributed by atoms with Crippen molar-refractivity contribution >= 4 is 17.7 Å². The monoisotopic (exact) mass is 510 g/mol. The van der Waals surface area contributed by atoms with Crippen molar-refractivity contribution in [2.45, 2.75) is 38.5 Å². The maximum absolute atomic E-state index is 13.9. The second-order valence-corrected chi connectivity index (χ2v) is 7.86. The predicted octanol–water partition coefficient (Wildman–Crippen LogP) is 3.96. The minimum atomic E-state index is -2.54. The van der Waals surface area contributed by atoms with Crippen LogP contribution in [0.5, 0.6) is 5.75 Å². The molecule has 9 nitrogen and oxygen atoms in total. The SMILES string of the molecule is CC(C)(C)OC(=O)N[C@@H](C(=O)Oc1c(F)c(F)c(F)c(F)c1F)[C@H](O)c1ccc(F)c([N+](=O)[O-])c1. The van der Waals surface area contributed by atoms with E-state index >= 15 is 0 Å². The molecule has 0 aromatic heterocycles. The van der Waals surface area contributed by atoms with Crippen molar-refractivity contribution in [2.24, 2.45) is 0 Å². The Morgan fingerprint density at radius 3 is 2.00 bits per heavy atom. The number of rotatable bonds is 6. The molecule has 2 aromatic carbocycles. The lowest BCUT2D eigenvalue weighted by molar-refractivity contribution is -0.387. The largest absolute Gasteiger partial charge is 0.444 e. The number of aliphatic hydroxyl groups excluding tert-OH is 1. The number of nitrogens with one attached hydrogen (secondary N) is 1. The van der Waals surface area contributed by atoms with E-state index in [1.165, 1.54) is 20.8 Å². The van der Waals surface area contributed by atoms with Crippen molar-refractivity contribution < 1.29 is 55.4 Å². The van der Waals surface area contributed by atoms with E-state index in [4.69, 9.17) is 4.74 Å². The van der Waals surface area contributed by atoms with Crippen molar-refractivity contribution in [3.8, 4) is 5.75 Å². The Bertz CT molecular complexity index is 1160. The molecule has 0 aliphatic rings. The summed E-state index contributed by atoms with van der Waals surface area (Å²) in [5.74, 6) is -17.8. The highest BCUT2D eigenvalue weighted by Gasteiger charge is 2.37. The molecular weight excluding hydrogens is 494 g/mol. The third-order valence-corrected chi connectivity index (χ3v) is 4.12. The smallest absolute Gasteiger partial charge is 0.408 e. The maximum atomic E-state index is 13.9. The summed E-state index contributed by atoms with van der Waals surface area (Å²) in [6, 6.07) is -0.598. The fraction of sp³-hybridized carbons (Fsp3) is 0.300. The van der Waals surface area contributed by atoms with E-state index in [-0.39, 0.29) is 0 Å². The number of alkyl carbamates (subject to hydrolysis) is 1. The first-order valence-electron chi connectivity index (χ1n) is 9.39. The number of hydrogen-bond donors (Lipinski definition) is 2. The van der Waals surface area contributed by atoms with Gasteiger partial charge in [0.05, 0.1) is 4.92 Å². The summed E-state index contributed by atoms with van der Waals surface area (Å²) < 4.78 is 90.8. The summed E-state index contributed by atoms with van der Waals surface area (Å²) in [5.41, 5.74) is -2.88. The number of carbonyl (C=O) groups is 2. The standard InChI is InChI=1S/C20H16F6N2O7/c1-20(2,3)35-19(31)27-15(16(29)7-4-5-8(21)9(6-7)28(32)33)18(30)34-17-13(25)11(23)10(22)12(24)14(17)26/h4-6,15-16,29H,1-3H3,(H,27,31)/t15-,16-/m1/s1. The van der Waals surface area contributed by atoms with Gasteiger partial charge in [0.15, 0.2) is 6.04 Å². The van der Waals surface area contributed by atoms with Crippen LogP contribution in [0.2, 0.25) is 0 Å². The van der Waals surface area contributed by atoms with Gasteiger partial charge < -0.3 is 19.9 Å². The number of nitro benzene ring substituents is 1. The topological polar surface area (TPSA) is 128 Å². The quantitative estimate of drug-likeness (QED) is 0.115. The number of hydrogen-bond acceptors (Lipinski definition) is 7. The van der Waals surface area contributed by atoms with E-state index < -0.39 is 86.6 Å². The van der Waals surface area contributed by atoms with Crippen LogP contribution in [0.1, 0.15) is 32.4 Å². The molecule has 15 heteroatoms. The van der Waals surface area contributed by atoms with Gasteiger partial charge in [0, 0.05) is 6.07 Å². The van der Waals surface area contributed by atoms with Crippen molar-refractivity contribution in [2.75, 3.05) is 0 Å². The van der Waals surface area contributed by atoms with Gasteiger partial charge in [0.2, 0.25) is 40.7 Å². The van der Waals surface area contributed by atoms with Gasteiger partial charge in [0.1, 0.15) is 11.7 Å². The zero-order valence-corrected chi connectivity index (χ0v) is 18.0. The minimum absolute atomic E-state index is 0.482. The Labute approximate surface area is 192 Å². The van der Waals surface area contributed by atoms with E-state index in [1.54, 1.807) is 5.32 Å². The van der Waals surface area contributed by atoms with Crippen LogP contribution in [0.15, 0.2) is 18.2 Å². The lowest BCUT2D eigenvalue weighted by Gasteiger charge is -2.25. The number of ether oxygens (including phenoxy) is 2. The zero-order chi connectivity index (χ0) is 26.8. The minimum Gasteiger partial charge on any atom is -0.444 e. The van der Waals surface area contributed by atoms with E-state index in [0.717, 1.165) is 6.07 Å². The van der Waals surface area contributed by atoms with E-state index in [2.05, 4.69) is 4.74 Å². The van der Waals surface area contributed by atoms with Gasteiger partial charge in [-0.1, -0.05) is 6.07 Å². The number of aliphatic hydroxyl groups is 1. The summed E-state index contributed by atoms with van der Waals surface area (Å²) in [4.78, 5) is 34.5. The molecule has 190 valence electrons. The number of nitro groups is 1. The van der Waals surface area contributed by atoms with E-state index in [1.807, 2.05) is 0 Å². The molecule has 1 amide bonds. The Morgan fingerprint density at radius 1 is 1.00 bits per heavy atom. The molecular formula is C20H16F6N2O7. The van der Waals surface area contributed by atoms with Crippen molar-refractivity contribution in [1.82, 2.24) is 5.32 Å². The molecule has 0 heterocycles. The summed E-state index contributed by atoms with van der Waals surface area (Å²) in [5, 5.41) is 23.3. The molecule has 0 fully saturated rings. The molecule has 0 unspecified atom stereocenters. The highest BCUT2D eigenvalue weighted by Crippen LogP contribution is 2.31. The van der Waals surface area contributed by atoms with Gasteiger partial charge in [-0.3, -0.25) is 10.1 Å². The Kier molecular flexibility index (Phi) is 7.95. The van der Waals surface area contributed by atoms with Crippen LogP contribution < -0.4 is 10.1 Å². The number of amides is 1. The highest BCUT2D eigenvalue weighted by molar-refractivity contribution is 5.84. The van der Waals surface area contributed by atoms with Crippen LogP contribution in [0.3, 0.4) is 0 Å². The molecule has 0 radical (unpaired) electrons. The fourth-order valence-electron chi connectivity index (χ4n) is 2.59. The Morgan fingerprint density at radius 2 is 1.51 bits per heavy atom. The Hall–Kier alpha value is -3.88. The fourth-order valence-corrected chi connectivity index (χ4v) is 2.59. The van der Waals surface area contributed by atoms with Crippen LogP contribution in [0.4, 0.5) is 36.8 Å². The number of nitrogens with zero attached hydrogens (tertiary/aromatic N) is 1. The van der Waals surface area contributed by atoms with Crippen LogP contribution in [-0.4, -0.2) is 33.7 Å². The lowest BCUT2D eigenvalue weighted by atomic mass is 10.0. The number of carbonyl (C=O) groups excluding carboxylic acids is 2. The van der Waals surface area contributed by atoms with Crippen LogP contribution in [0, 0.1) is 45.0 Å². The number of esters is 1. The second kappa shape index (κ2) is 10.2. The summed E-state index contributed by atoms with van der Waals surface area (Å²) in [6.45, 7) is 4.19. The molecule has 35 heavy (non-hydrogen) atoms. The van der Waals surface area contributed by atoms with Gasteiger partial charge in [0.25, 0.3) is 0 Å². The molecule has 0 saturated carbocycles. The first-order chi connectivity index (χ1) is 16.0. The van der Waals surface area contributed by atoms with Gasteiger partial charge in [-0.15, -0.1) is 0 Å². The van der Waals surface area contributed by atoms with Gasteiger partial charge in [-0.25, -0.2) is 22.8 Å². The summed E-state index contributed by atoms with van der Waals surface area (Å²) in [7, 11) is 0. The van der Waals surface area contributed by atoms with Crippen molar-refractivity contribution in [3.05, 3.63) is 68.8 Å². The van der Waals surface area contributed by atoms with Gasteiger partial charge in [-0.05, 0) is 32.4 Å². The van der Waals surface area contributed by atoms with Crippen molar-refractivity contribution in [3.63, 3.8) is 0 Å². The molecule has 2 atom stereocenters. The molecule has 0 saturated heterocycles. The molecule has 0 bridgehead atoms. The third kappa shape index (κ3) is 6.17. The highest BCUT2D eigenvalue weighted by atomic mass is 19.2. The summed E-state index contributed by atoms with van der Waals surface area (Å²) >= 11 is 0. The molecule has 0 aliphatic heterocycles. The molecule has 0 aliphatic carbocycles. The number of halogens is 6. The van der Waals surface area contributed by atoms with Crippen LogP contribution in [-0.2, 0) is 9.53 Å². The molecule has 2 rings (SSSR count). The average Bonchev–Trinajstić information content (AvgIpc) is 2.76. The summed E-state index contributed by atoms with van der Waals surface area (Å²) in [6.07, 6.45) is -3.72. The number of benzene rings is 2. The zero-order valence-electron chi connectivity index (χ0n) is 18.0. The first kappa shape index (κ1) is 27.4. The van der Waals surface area contributed by atoms with Crippen LogP contribution >= 0.6 is 0 Å². The second-order valence-electron chi connectivity index (χ2n) is 7.86. The van der Waals surface area contributed by atoms with Crippen LogP contribution in [0.25, 0.3) is 0 Å². The Balaban J connectivity index is 2.51. The van der Waals surface area contributed by atoms with E-state index in [9.17, 15) is 51.2 Å². The van der Waals surface area contributed by atoms with Gasteiger partial charge >= 0.3 is 17.7 Å². The third-order valence-electron chi connectivity index (χ3n) is 4.12. The maximum Gasteiger partial charge on any atom is 0.408 e. The molecule has 2 aromatic rings. The average molecular weight is 510 g/mol. The molecule has 2 N–H and O–H groups in total.